The Morgan fingerprint density at radius 3 is 1.31 bits per heavy atom. The molecule has 0 amide bonds. The van der Waals surface area contributed by atoms with Gasteiger partial charge in [0.15, 0.2) is 0 Å². The van der Waals surface area contributed by atoms with E-state index in [1.807, 2.05) is 6.26 Å². The van der Waals surface area contributed by atoms with Gasteiger partial charge >= 0.3 is 0 Å². The molecule has 0 aliphatic heterocycles. The molecule has 0 radical (unpaired) electrons. The lowest BCUT2D eigenvalue weighted by molar-refractivity contribution is 0.550. The first-order chi connectivity index (χ1) is 6.00. The molecule has 1 aliphatic rings. The number of hydrogen-bond donors (Lipinski definition) is 0. The predicted octanol–water partition coefficient (Wildman–Crippen LogP) is 3.77. The summed E-state index contributed by atoms with van der Waals surface area (Å²) in [6.07, 6.45) is 1.94. The standard InChI is InChI=1S/C7H9Cl5S/c1-13-7-5(11)3(9)2(8)4(10)6(7)12/h2-7H,1H3. The van der Waals surface area contributed by atoms with Gasteiger partial charge in [0, 0.05) is 5.25 Å². The molecule has 0 aromatic rings. The Morgan fingerprint density at radius 2 is 1.00 bits per heavy atom. The maximum atomic E-state index is 6.11. The molecule has 0 saturated heterocycles. The molecule has 0 heterocycles. The van der Waals surface area contributed by atoms with Crippen molar-refractivity contribution in [2.45, 2.75) is 32.1 Å². The molecule has 13 heavy (non-hydrogen) atoms. The molecule has 0 aromatic heterocycles. The van der Waals surface area contributed by atoms with E-state index >= 15 is 0 Å². The number of halogens is 5. The molecular weight excluding hydrogens is 293 g/mol. The van der Waals surface area contributed by atoms with E-state index in [1.165, 1.54) is 0 Å². The Kier molecular flexibility index (Phi) is 5.17. The lowest BCUT2D eigenvalue weighted by Gasteiger charge is -2.40. The third-order valence-electron chi connectivity index (χ3n) is 2.12. The van der Waals surface area contributed by atoms with Crippen molar-refractivity contribution in [1.29, 1.82) is 0 Å². The number of alkyl halides is 5. The quantitative estimate of drug-likeness (QED) is 0.665. The monoisotopic (exact) mass is 300 g/mol. The normalized spacial score (nSPS) is 52.2. The van der Waals surface area contributed by atoms with Gasteiger partial charge < -0.3 is 0 Å². The van der Waals surface area contributed by atoms with Gasteiger partial charge in [0.2, 0.25) is 0 Å². The van der Waals surface area contributed by atoms with Crippen molar-refractivity contribution in [3.8, 4) is 0 Å². The highest BCUT2D eigenvalue weighted by molar-refractivity contribution is 7.99. The van der Waals surface area contributed by atoms with Crippen molar-refractivity contribution >= 4 is 69.8 Å². The second-order valence-electron chi connectivity index (χ2n) is 2.92. The minimum Gasteiger partial charge on any atom is -0.159 e. The maximum Gasteiger partial charge on any atom is 0.0692 e. The van der Waals surface area contributed by atoms with Gasteiger partial charge in [0.05, 0.1) is 26.9 Å². The number of thioether (sulfide) groups is 1. The summed E-state index contributed by atoms with van der Waals surface area (Å²) in [6, 6.07) is 0. The van der Waals surface area contributed by atoms with Crippen molar-refractivity contribution in [3.05, 3.63) is 0 Å². The van der Waals surface area contributed by atoms with Crippen LogP contribution in [0.4, 0.5) is 0 Å². The molecule has 0 nitrogen and oxygen atoms in total. The fourth-order valence-electron chi connectivity index (χ4n) is 1.32. The van der Waals surface area contributed by atoms with Gasteiger partial charge in [-0.15, -0.1) is 58.0 Å². The van der Waals surface area contributed by atoms with Crippen LogP contribution in [0.5, 0.6) is 0 Å². The van der Waals surface area contributed by atoms with E-state index in [4.69, 9.17) is 58.0 Å². The van der Waals surface area contributed by atoms with Crippen LogP contribution in [0.1, 0.15) is 0 Å². The number of rotatable bonds is 1. The van der Waals surface area contributed by atoms with Crippen molar-refractivity contribution in [2.75, 3.05) is 6.26 Å². The first kappa shape index (κ1) is 12.9. The van der Waals surface area contributed by atoms with Crippen molar-refractivity contribution in [3.63, 3.8) is 0 Å². The van der Waals surface area contributed by atoms with Gasteiger partial charge in [-0.2, -0.15) is 11.8 Å². The summed E-state index contributed by atoms with van der Waals surface area (Å²) in [4.78, 5) is 0. The second kappa shape index (κ2) is 5.23. The van der Waals surface area contributed by atoms with Gasteiger partial charge in [-0.25, -0.2) is 0 Å². The molecule has 0 aromatic carbocycles. The van der Waals surface area contributed by atoms with Crippen molar-refractivity contribution in [2.24, 2.45) is 0 Å². The summed E-state index contributed by atoms with van der Waals surface area (Å²) in [5, 5.41) is -1.40. The minimum absolute atomic E-state index is 0.0586. The van der Waals surface area contributed by atoms with Gasteiger partial charge in [0.25, 0.3) is 0 Å². The molecule has 1 fully saturated rings. The van der Waals surface area contributed by atoms with Crippen LogP contribution in [0.3, 0.4) is 0 Å². The molecule has 0 spiro atoms. The smallest absolute Gasteiger partial charge is 0.0692 e. The minimum atomic E-state index is -0.364. The molecule has 1 rings (SSSR count). The third kappa shape index (κ3) is 2.49. The van der Waals surface area contributed by atoms with E-state index in [0.29, 0.717) is 0 Å². The van der Waals surface area contributed by atoms with Gasteiger partial charge in [-0.05, 0) is 6.26 Å². The highest BCUT2D eigenvalue weighted by Crippen LogP contribution is 2.41. The molecule has 78 valence electrons. The highest BCUT2D eigenvalue weighted by Gasteiger charge is 2.47. The first-order valence-electron chi connectivity index (χ1n) is 3.74. The fraction of sp³-hybridized carbons (Fsp3) is 1.00. The lowest BCUT2D eigenvalue weighted by Crippen LogP contribution is -2.52. The molecule has 0 bridgehead atoms. The van der Waals surface area contributed by atoms with Crippen LogP contribution in [0.25, 0.3) is 0 Å². The van der Waals surface area contributed by atoms with Gasteiger partial charge in [0.1, 0.15) is 0 Å². The summed E-state index contributed by atoms with van der Waals surface area (Å²) < 4.78 is 0. The Morgan fingerprint density at radius 1 is 0.692 bits per heavy atom. The average molecular weight is 302 g/mol. The summed E-state index contributed by atoms with van der Waals surface area (Å²) in [7, 11) is 0. The Bertz CT molecular complexity index is 162. The summed E-state index contributed by atoms with van der Waals surface area (Å²) in [5.41, 5.74) is 0. The average Bonchev–Trinajstić information content (AvgIpc) is 2.13. The topological polar surface area (TPSA) is 0 Å². The van der Waals surface area contributed by atoms with Crippen molar-refractivity contribution in [1.82, 2.24) is 0 Å². The summed E-state index contributed by atoms with van der Waals surface area (Å²) >= 11 is 31.8. The molecule has 0 N–H and O–H groups in total. The Balaban J connectivity index is 2.79. The van der Waals surface area contributed by atoms with Crippen LogP contribution < -0.4 is 0 Å². The van der Waals surface area contributed by atoms with Crippen LogP contribution in [0.2, 0.25) is 0 Å². The van der Waals surface area contributed by atoms with Gasteiger partial charge in [-0.3, -0.25) is 0 Å². The van der Waals surface area contributed by atoms with E-state index in [1.54, 1.807) is 11.8 Å². The second-order valence-corrected chi connectivity index (χ2v) is 6.46. The van der Waals surface area contributed by atoms with Crippen LogP contribution in [-0.4, -0.2) is 38.4 Å². The van der Waals surface area contributed by atoms with E-state index in [-0.39, 0.29) is 32.1 Å². The van der Waals surface area contributed by atoms with Crippen LogP contribution in [-0.2, 0) is 0 Å². The van der Waals surface area contributed by atoms with Crippen LogP contribution in [0, 0.1) is 0 Å². The van der Waals surface area contributed by atoms with Crippen LogP contribution >= 0.6 is 69.8 Å². The molecule has 4 atom stereocenters. The van der Waals surface area contributed by atoms with Gasteiger partial charge in [-0.1, -0.05) is 0 Å². The zero-order chi connectivity index (χ0) is 10.2. The van der Waals surface area contributed by atoms with E-state index in [9.17, 15) is 0 Å². The maximum absolute atomic E-state index is 6.11. The zero-order valence-corrected chi connectivity index (χ0v) is 11.4. The molecule has 1 saturated carbocycles. The SMILES string of the molecule is CSC1C(Cl)C(Cl)C(Cl)C(Cl)C1Cl. The summed E-state index contributed by atoms with van der Waals surface area (Å²) in [5.74, 6) is 0. The van der Waals surface area contributed by atoms with E-state index in [0.717, 1.165) is 0 Å². The Labute approximate surface area is 108 Å². The predicted molar refractivity (Wildman–Crippen MR) is 65.5 cm³/mol. The molecular formula is C7H9Cl5S. The molecule has 6 heteroatoms. The van der Waals surface area contributed by atoms with E-state index < -0.39 is 0 Å². The first-order valence-corrected chi connectivity index (χ1v) is 7.21. The highest BCUT2D eigenvalue weighted by atomic mass is 35.5. The third-order valence-corrected chi connectivity index (χ3v) is 6.78. The largest absolute Gasteiger partial charge is 0.159 e. The zero-order valence-electron chi connectivity index (χ0n) is 6.76. The van der Waals surface area contributed by atoms with Crippen LogP contribution in [0.15, 0.2) is 0 Å². The fourth-order valence-corrected chi connectivity index (χ4v) is 4.84. The molecule has 4 unspecified atom stereocenters. The van der Waals surface area contributed by atoms with E-state index in [2.05, 4.69) is 0 Å². The van der Waals surface area contributed by atoms with Crippen molar-refractivity contribution < 1.29 is 0 Å². The number of hydrogen-bond acceptors (Lipinski definition) is 1. The summed E-state index contributed by atoms with van der Waals surface area (Å²) in [6.45, 7) is 0. The Hall–Kier alpha value is 1.80. The molecule has 1 aliphatic carbocycles. The lowest BCUT2D eigenvalue weighted by atomic mass is 9.97.